The van der Waals surface area contributed by atoms with Crippen LogP contribution in [0.1, 0.15) is 21.5 Å². The van der Waals surface area contributed by atoms with E-state index in [-0.39, 0.29) is 0 Å². The highest BCUT2D eigenvalue weighted by atomic mass is 32.1. The summed E-state index contributed by atoms with van der Waals surface area (Å²) < 4.78 is 1.19. The summed E-state index contributed by atoms with van der Waals surface area (Å²) in [6.07, 6.45) is 3.98. The lowest BCUT2D eigenvalue weighted by atomic mass is 10.1. The highest BCUT2D eigenvalue weighted by Gasteiger charge is 2.05. The molecule has 4 rings (SSSR count). The van der Waals surface area contributed by atoms with Crippen molar-refractivity contribution in [3.8, 4) is 10.6 Å². The predicted molar refractivity (Wildman–Crippen MR) is 107 cm³/mol. The summed E-state index contributed by atoms with van der Waals surface area (Å²) in [6, 6.07) is 23.2. The largest absolute Gasteiger partial charge is 0.478 e. The van der Waals surface area contributed by atoms with Crippen molar-refractivity contribution < 1.29 is 9.90 Å². The van der Waals surface area contributed by atoms with Gasteiger partial charge in [0, 0.05) is 5.56 Å². The van der Waals surface area contributed by atoms with Crippen molar-refractivity contribution in [1.82, 2.24) is 4.98 Å². The summed E-state index contributed by atoms with van der Waals surface area (Å²) in [5.74, 6) is -0.911. The molecule has 26 heavy (non-hydrogen) atoms. The second kappa shape index (κ2) is 6.94. The number of aromatic carboxylic acids is 1. The monoisotopic (exact) mass is 357 g/mol. The van der Waals surface area contributed by atoms with E-state index in [0.717, 1.165) is 27.2 Å². The van der Waals surface area contributed by atoms with Gasteiger partial charge in [0.05, 0.1) is 15.8 Å². The smallest absolute Gasteiger partial charge is 0.335 e. The Balaban J connectivity index is 1.52. The number of thiazole rings is 1. The van der Waals surface area contributed by atoms with E-state index in [0.29, 0.717) is 5.56 Å². The Morgan fingerprint density at radius 2 is 1.46 bits per heavy atom. The molecule has 0 fully saturated rings. The van der Waals surface area contributed by atoms with E-state index in [2.05, 4.69) is 35.3 Å². The van der Waals surface area contributed by atoms with Gasteiger partial charge in [0.25, 0.3) is 0 Å². The fourth-order valence-electron chi connectivity index (χ4n) is 2.66. The molecule has 0 saturated heterocycles. The van der Waals surface area contributed by atoms with Gasteiger partial charge in [-0.15, -0.1) is 11.3 Å². The van der Waals surface area contributed by atoms with Gasteiger partial charge in [-0.1, -0.05) is 60.7 Å². The van der Waals surface area contributed by atoms with Crippen LogP contribution in [-0.4, -0.2) is 16.1 Å². The molecular weight excluding hydrogens is 342 g/mol. The van der Waals surface area contributed by atoms with Crippen molar-refractivity contribution in [3.05, 3.63) is 89.5 Å². The molecule has 0 radical (unpaired) electrons. The van der Waals surface area contributed by atoms with Crippen LogP contribution in [0, 0.1) is 0 Å². The molecule has 0 aliphatic rings. The number of hydrogen-bond donors (Lipinski definition) is 1. The molecule has 0 atom stereocenters. The van der Waals surface area contributed by atoms with Gasteiger partial charge in [-0.3, -0.25) is 0 Å². The number of hydrogen-bond acceptors (Lipinski definition) is 3. The van der Waals surface area contributed by atoms with Gasteiger partial charge in [0.1, 0.15) is 5.01 Å². The highest BCUT2D eigenvalue weighted by molar-refractivity contribution is 7.21. The second-order valence-corrected chi connectivity index (χ2v) is 6.90. The summed E-state index contributed by atoms with van der Waals surface area (Å²) in [6.45, 7) is 0. The molecule has 1 aromatic heterocycles. The quantitative estimate of drug-likeness (QED) is 0.467. The van der Waals surface area contributed by atoms with E-state index < -0.39 is 5.97 Å². The van der Waals surface area contributed by atoms with E-state index in [1.54, 1.807) is 35.6 Å². The summed E-state index contributed by atoms with van der Waals surface area (Å²) in [5, 5.41) is 9.95. The van der Waals surface area contributed by atoms with Crippen molar-refractivity contribution in [2.45, 2.75) is 0 Å². The summed E-state index contributed by atoms with van der Waals surface area (Å²) in [7, 11) is 0. The Morgan fingerprint density at radius 1 is 0.846 bits per heavy atom. The first-order chi connectivity index (χ1) is 12.7. The normalized spacial score (nSPS) is 11.2. The maximum Gasteiger partial charge on any atom is 0.335 e. The van der Waals surface area contributed by atoms with E-state index in [9.17, 15) is 4.79 Å². The van der Waals surface area contributed by atoms with Crippen LogP contribution < -0.4 is 0 Å². The SMILES string of the molecule is O=C(O)c1ccc(C=Cc2ccc(-c3nc4ccccc4s3)cc2)cc1. The summed E-state index contributed by atoms with van der Waals surface area (Å²) >= 11 is 1.69. The number of carboxylic acids is 1. The van der Waals surface area contributed by atoms with E-state index in [1.807, 2.05) is 30.4 Å². The Bertz CT molecular complexity index is 1060. The first-order valence-corrected chi connectivity index (χ1v) is 8.98. The standard InChI is InChI=1S/C22H15NO2S/c24-22(25)18-13-9-16(10-14-18)6-5-15-7-11-17(12-8-15)21-23-19-3-1-2-4-20(19)26-21/h1-14H,(H,24,25). The molecule has 3 nitrogen and oxygen atoms in total. The van der Waals surface area contributed by atoms with Crippen LogP contribution in [0.5, 0.6) is 0 Å². The van der Waals surface area contributed by atoms with Gasteiger partial charge in [-0.2, -0.15) is 0 Å². The molecule has 0 unspecified atom stereocenters. The van der Waals surface area contributed by atoms with E-state index >= 15 is 0 Å². The number of benzene rings is 3. The molecule has 1 N–H and O–H groups in total. The number of rotatable bonds is 4. The molecular formula is C22H15NO2S. The van der Waals surface area contributed by atoms with Gasteiger partial charge < -0.3 is 5.11 Å². The third kappa shape index (κ3) is 3.41. The zero-order valence-electron chi connectivity index (χ0n) is 13.8. The molecule has 0 aliphatic heterocycles. The predicted octanol–water partition coefficient (Wildman–Crippen LogP) is 5.83. The average Bonchev–Trinajstić information content (AvgIpc) is 3.11. The maximum absolute atomic E-state index is 10.9. The van der Waals surface area contributed by atoms with Crippen molar-refractivity contribution in [2.75, 3.05) is 0 Å². The van der Waals surface area contributed by atoms with E-state index in [4.69, 9.17) is 5.11 Å². The molecule has 0 spiro atoms. The number of para-hydroxylation sites is 1. The Kier molecular flexibility index (Phi) is 4.33. The van der Waals surface area contributed by atoms with Crippen LogP contribution in [0.4, 0.5) is 0 Å². The van der Waals surface area contributed by atoms with Gasteiger partial charge in [-0.05, 0) is 35.4 Å². The average molecular weight is 357 g/mol. The van der Waals surface area contributed by atoms with Crippen molar-refractivity contribution >= 4 is 39.7 Å². The minimum atomic E-state index is -0.911. The molecule has 0 amide bonds. The third-order valence-electron chi connectivity index (χ3n) is 4.08. The second-order valence-electron chi connectivity index (χ2n) is 5.87. The van der Waals surface area contributed by atoms with Crippen LogP contribution in [-0.2, 0) is 0 Å². The minimum absolute atomic E-state index is 0.294. The topological polar surface area (TPSA) is 50.2 Å². The molecule has 126 valence electrons. The zero-order valence-corrected chi connectivity index (χ0v) is 14.6. The zero-order chi connectivity index (χ0) is 17.9. The summed E-state index contributed by atoms with van der Waals surface area (Å²) in [4.78, 5) is 15.6. The fraction of sp³-hybridized carbons (Fsp3) is 0. The number of fused-ring (bicyclic) bond motifs is 1. The number of aromatic nitrogens is 1. The van der Waals surface area contributed by atoms with Crippen LogP contribution in [0.3, 0.4) is 0 Å². The van der Waals surface area contributed by atoms with Crippen molar-refractivity contribution in [3.63, 3.8) is 0 Å². The maximum atomic E-state index is 10.9. The molecule has 3 aromatic carbocycles. The molecule has 0 aliphatic carbocycles. The van der Waals surface area contributed by atoms with Crippen molar-refractivity contribution in [2.24, 2.45) is 0 Å². The lowest BCUT2D eigenvalue weighted by Crippen LogP contribution is -1.94. The Morgan fingerprint density at radius 3 is 2.08 bits per heavy atom. The van der Waals surface area contributed by atoms with E-state index in [1.165, 1.54) is 4.70 Å². The molecule has 0 bridgehead atoms. The highest BCUT2D eigenvalue weighted by Crippen LogP contribution is 2.30. The van der Waals surface area contributed by atoms with Gasteiger partial charge in [0.2, 0.25) is 0 Å². The van der Waals surface area contributed by atoms with Crippen LogP contribution in [0.15, 0.2) is 72.8 Å². The van der Waals surface area contributed by atoms with Crippen LogP contribution in [0.2, 0.25) is 0 Å². The van der Waals surface area contributed by atoms with Crippen molar-refractivity contribution in [1.29, 1.82) is 0 Å². The molecule has 0 saturated carbocycles. The number of carbonyl (C=O) groups is 1. The lowest BCUT2D eigenvalue weighted by Gasteiger charge is -1.99. The number of carboxylic acid groups (broad SMARTS) is 1. The number of nitrogens with zero attached hydrogens (tertiary/aromatic N) is 1. The molecule has 4 heteroatoms. The van der Waals surface area contributed by atoms with Gasteiger partial charge >= 0.3 is 5.97 Å². The lowest BCUT2D eigenvalue weighted by molar-refractivity contribution is 0.0697. The first-order valence-electron chi connectivity index (χ1n) is 8.16. The summed E-state index contributed by atoms with van der Waals surface area (Å²) in [5.41, 5.74) is 4.47. The fourth-order valence-corrected chi connectivity index (χ4v) is 3.63. The van der Waals surface area contributed by atoms with Gasteiger partial charge in [-0.25, -0.2) is 9.78 Å². The van der Waals surface area contributed by atoms with Crippen LogP contribution >= 0.6 is 11.3 Å². The molecule has 4 aromatic rings. The van der Waals surface area contributed by atoms with Crippen LogP contribution in [0.25, 0.3) is 32.9 Å². The molecule has 1 heterocycles. The third-order valence-corrected chi connectivity index (χ3v) is 5.16. The first kappa shape index (κ1) is 16.2. The minimum Gasteiger partial charge on any atom is -0.478 e. The Labute approximate surface area is 154 Å². The van der Waals surface area contributed by atoms with Gasteiger partial charge in [0.15, 0.2) is 0 Å². The Hall–Kier alpha value is -3.24.